The Hall–Kier alpha value is -2.55. The molecule has 2 atom stereocenters. The van der Waals surface area contributed by atoms with Crippen molar-refractivity contribution in [3.05, 3.63) is 143 Å². The number of fused-ring (bicyclic) bond motifs is 2. The molecule has 2 aliphatic carbocycles. The molecule has 0 saturated carbocycles. The fourth-order valence-corrected chi connectivity index (χ4v) is 46.2. The molecule has 4 aromatic rings. The summed E-state index contributed by atoms with van der Waals surface area (Å²) >= 11 is -2.56. The normalized spacial score (nSPS) is 18.3. The first-order chi connectivity index (χ1) is 16.7. The van der Waals surface area contributed by atoms with E-state index < -0.39 is 26.6 Å². The minimum absolute atomic E-state index is 0.637. The number of rotatable bonds is 5. The molecule has 4 aromatic carbocycles. The monoisotopic (exact) mass is 621 g/mol. The van der Waals surface area contributed by atoms with Crippen molar-refractivity contribution < 1.29 is 20.6 Å². The summed E-state index contributed by atoms with van der Waals surface area (Å²) in [5, 5.41) is 3.26. The summed E-state index contributed by atoms with van der Waals surface area (Å²) in [4.78, 5) is 0. The molecule has 6 rings (SSSR count). The molecule has 0 N–H and O–H groups in total. The van der Waals surface area contributed by atoms with Crippen LogP contribution in [0, 0.1) is 0 Å². The number of hydrogen-bond acceptors (Lipinski definition) is 0. The standard InChI is InChI=1S/C12H11Si.2C10H9.Hf/c1-3-7-11(8-4-1)13-12-9-5-2-6-10-12;2*1-8-6-9-4-2-3-5-10(9)7-8;/h1-10,13H;2*2-7H,1H3;. The fraction of sp³-hybridized carbons (Fsp3) is 0.125. The van der Waals surface area contributed by atoms with Crippen molar-refractivity contribution in [2.24, 2.45) is 0 Å². The zero-order valence-electron chi connectivity index (χ0n) is 19.8. The van der Waals surface area contributed by atoms with Crippen LogP contribution in [0.1, 0.15) is 43.5 Å². The molecule has 165 valence electrons. The molecule has 0 aliphatic heterocycles. The van der Waals surface area contributed by atoms with E-state index in [4.69, 9.17) is 0 Å². The first kappa shape index (κ1) is 21.9. The average Bonchev–Trinajstić information content (AvgIpc) is 3.39. The number of benzene rings is 4. The van der Waals surface area contributed by atoms with Crippen LogP contribution in [0.2, 0.25) is 0 Å². The maximum atomic E-state index is 2.49. The van der Waals surface area contributed by atoms with Gasteiger partial charge < -0.3 is 0 Å². The van der Waals surface area contributed by atoms with Crippen molar-refractivity contribution in [2.45, 2.75) is 21.2 Å². The van der Waals surface area contributed by atoms with Crippen molar-refractivity contribution in [1.82, 2.24) is 0 Å². The molecule has 2 heteroatoms. The summed E-state index contributed by atoms with van der Waals surface area (Å²) in [5.41, 5.74) is 9.31. The van der Waals surface area contributed by atoms with Crippen LogP contribution in [0.25, 0.3) is 12.2 Å². The van der Waals surface area contributed by atoms with E-state index in [1.54, 1.807) is 32.6 Å². The molecular formula is C32H29HfSi. The van der Waals surface area contributed by atoms with E-state index in [9.17, 15) is 0 Å². The van der Waals surface area contributed by atoms with E-state index >= 15 is 0 Å². The van der Waals surface area contributed by atoms with Crippen LogP contribution in [-0.2, 0) is 20.6 Å². The van der Waals surface area contributed by atoms with Crippen molar-refractivity contribution in [1.29, 1.82) is 0 Å². The quantitative estimate of drug-likeness (QED) is 0.225. The van der Waals surface area contributed by atoms with Crippen LogP contribution in [0.5, 0.6) is 0 Å². The van der Waals surface area contributed by atoms with E-state index in [0.717, 1.165) is 0 Å². The third-order valence-corrected chi connectivity index (χ3v) is 40.5. The predicted octanol–water partition coefficient (Wildman–Crippen LogP) is 6.46. The second kappa shape index (κ2) is 9.24. The first-order valence-electron chi connectivity index (χ1n) is 12.2. The molecule has 0 saturated heterocycles. The van der Waals surface area contributed by atoms with Gasteiger partial charge in [-0.05, 0) is 0 Å². The van der Waals surface area contributed by atoms with Gasteiger partial charge in [-0.3, -0.25) is 0 Å². The van der Waals surface area contributed by atoms with Gasteiger partial charge in [0.2, 0.25) is 0 Å². The van der Waals surface area contributed by atoms with Crippen molar-refractivity contribution in [3.8, 4) is 0 Å². The zero-order chi connectivity index (χ0) is 23.1. The summed E-state index contributed by atoms with van der Waals surface area (Å²) in [7, 11) is 0. The molecule has 0 amide bonds. The van der Waals surface area contributed by atoms with Crippen LogP contribution in [0.3, 0.4) is 0 Å². The summed E-state index contributed by atoms with van der Waals surface area (Å²) < 4.78 is 1.27. The Morgan fingerprint density at radius 3 is 1.32 bits per heavy atom. The van der Waals surface area contributed by atoms with Crippen LogP contribution in [0.15, 0.2) is 120 Å². The molecule has 0 aromatic heterocycles. The minimum atomic E-state index is -2.56. The summed E-state index contributed by atoms with van der Waals surface area (Å²) in [6, 6.07) is 41.6. The summed E-state index contributed by atoms with van der Waals surface area (Å²) in [5.74, 6) is -1.43. The maximum absolute atomic E-state index is 2.56. The van der Waals surface area contributed by atoms with Crippen LogP contribution >= 0.6 is 0 Å². The van der Waals surface area contributed by atoms with Gasteiger partial charge >= 0.3 is 213 Å². The summed E-state index contributed by atoms with van der Waals surface area (Å²) in [6.07, 6.45) is 4.98. The van der Waals surface area contributed by atoms with Gasteiger partial charge in [-0.2, -0.15) is 0 Å². The van der Waals surface area contributed by atoms with E-state index in [0.29, 0.717) is 7.35 Å². The predicted molar refractivity (Wildman–Crippen MR) is 145 cm³/mol. The molecule has 0 nitrogen and oxygen atoms in total. The fourth-order valence-electron chi connectivity index (χ4n) is 6.21. The third kappa shape index (κ3) is 3.78. The van der Waals surface area contributed by atoms with Gasteiger partial charge in [0.15, 0.2) is 0 Å². The topological polar surface area (TPSA) is 0 Å². The molecule has 0 heterocycles. The van der Waals surface area contributed by atoms with E-state index in [2.05, 4.69) is 135 Å². The third-order valence-electron chi connectivity index (χ3n) is 7.56. The van der Waals surface area contributed by atoms with Crippen molar-refractivity contribution in [3.63, 3.8) is 0 Å². The van der Waals surface area contributed by atoms with E-state index in [1.165, 1.54) is 11.1 Å². The second-order valence-corrected chi connectivity index (χ2v) is 31.3. The Balaban J connectivity index is 1.62. The van der Waals surface area contributed by atoms with Gasteiger partial charge in [0.05, 0.1) is 0 Å². The van der Waals surface area contributed by atoms with Crippen molar-refractivity contribution >= 4 is 28.5 Å². The number of hydrogen-bond donors (Lipinski definition) is 0. The first-order valence-corrected chi connectivity index (χ1v) is 24.3. The SMILES string of the molecule is CC1=Cc2ccccc2[CH]1[Hf]([CH]1C(C)=Cc2ccccc21)[SiH](c1ccccc1)c1ccccc1. The van der Waals surface area contributed by atoms with Crippen molar-refractivity contribution in [2.75, 3.05) is 0 Å². The molecule has 34 heavy (non-hydrogen) atoms. The van der Waals surface area contributed by atoms with Gasteiger partial charge in [0.1, 0.15) is 0 Å². The Morgan fingerprint density at radius 2 is 0.882 bits per heavy atom. The molecule has 0 bridgehead atoms. The zero-order valence-corrected chi connectivity index (χ0v) is 24.5. The van der Waals surface area contributed by atoms with Crippen LogP contribution in [0.4, 0.5) is 0 Å². The molecule has 2 aliphatic rings. The Morgan fingerprint density at radius 1 is 0.500 bits per heavy atom. The van der Waals surface area contributed by atoms with E-state index in [1.807, 2.05) is 0 Å². The van der Waals surface area contributed by atoms with E-state index in [-0.39, 0.29) is 0 Å². The number of allylic oxidation sites excluding steroid dienone is 2. The second-order valence-electron chi connectivity index (χ2n) is 9.65. The molecule has 2 unspecified atom stereocenters. The molecule has 0 fully saturated rings. The summed E-state index contributed by atoms with van der Waals surface area (Å²) in [6.45, 7) is 4.83. The van der Waals surface area contributed by atoms with Gasteiger partial charge in [-0.25, -0.2) is 0 Å². The van der Waals surface area contributed by atoms with Gasteiger partial charge in [-0.15, -0.1) is 0 Å². The van der Waals surface area contributed by atoms with Crippen LogP contribution in [-0.4, -0.2) is 5.98 Å². The Labute approximate surface area is 211 Å². The molecular weight excluding hydrogens is 591 g/mol. The molecule has 0 spiro atoms. The van der Waals surface area contributed by atoms with Crippen LogP contribution < -0.4 is 10.4 Å². The molecule has 0 radical (unpaired) electrons. The average molecular weight is 620 g/mol. The van der Waals surface area contributed by atoms with Gasteiger partial charge in [-0.1, -0.05) is 0 Å². The Bertz CT molecular complexity index is 1280. The van der Waals surface area contributed by atoms with Gasteiger partial charge in [0, 0.05) is 0 Å². The Kier molecular flexibility index (Phi) is 5.97. The van der Waals surface area contributed by atoms with Gasteiger partial charge in [0.25, 0.3) is 0 Å².